The van der Waals surface area contributed by atoms with Gasteiger partial charge in [0.1, 0.15) is 0 Å². The minimum absolute atomic E-state index is 0.103. The van der Waals surface area contributed by atoms with Gasteiger partial charge in [0.05, 0.1) is 5.69 Å². The summed E-state index contributed by atoms with van der Waals surface area (Å²) in [4.78, 5) is 25.3. The molecule has 3 rings (SSSR count). The van der Waals surface area contributed by atoms with Crippen molar-refractivity contribution in [2.24, 2.45) is 0 Å². The van der Waals surface area contributed by atoms with E-state index in [4.69, 9.17) is 0 Å². The first kappa shape index (κ1) is 10.5. The SMILES string of the molecule is CC(=O)c1cc2c3c(c1)C(C)CC(=O)N3CC2. The molecule has 0 aliphatic carbocycles. The third kappa shape index (κ3) is 1.42. The summed E-state index contributed by atoms with van der Waals surface area (Å²) in [7, 11) is 0. The average Bonchev–Trinajstić information content (AvgIpc) is 2.69. The molecule has 88 valence electrons. The number of rotatable bonds is 1. The third-order valence-electron chi connectivity index (χ3n) is 3.81. The highest BCUT2D eigenvalue weighted by Crippen LogP contribution is 2.42. The molecule has 0 radical (unpaired) electrons. The van der Waals surface area contributed by atoms with Crippen LogP contribution in [0.3, 0.4) is 0 Å². The summed E-state index contributed by atoms with van der Waals surface area (Å²) in [5.74, 6) is 0.552. The molecule has 1 aromatic rings. The van der Waals surface area contributed by atoms with Crippen LogP contribution in [0.25, 0.3) is 0 Å². The summed E-state index contributed by atoms with van der Waals surface area (Å²) >= 11 is 0. The van der Waals surface area contributed by atoms with E-state index in [1.54, 1.807) is 6.92 Å². The normalized spacial score (nSPS) is 21.6. The summed E-state index contributed by atoms with van der Waals surface area (Å²) in [6.07, 6.45) is 1.44. The van der Waals surface area contributed by atoms with Gasteiger partial charge >= 0.3 is 0 Å². The van der Waals surface area contributed by atoms with Crippen molar-refractivity contribution in [2.75, 3.05) is 11.4 Å². The Kier molecular flexibility index (Phi) is 2.12. The minimum atomic E-state index is 0.103. The average molecular weight is 229 g/mol. The maximum absolute atomic E-state index is 11.9. The fourth-order valence-electron chi connectivity index (χ4n) is 2.89. The molecule has 2 aliphatic rings. The second kappa shape index (κ2) is 3.42. The first-order chi connectivity index (χ1) is 8.08. The lowest BCUT2D eigenvalue weighted by Crippen LogP contribution is -2.34. The number of benzene rings is 1. The highest BCUT2D eigenvalue weighted by atomic mass is 16.2. The van der Waals surface area contributed by atoms with Crippen LogP contribution in [-0.2, 0) is 11.2 Å². The molecular formula is C14H15NO2. The Morgan fingerprint density at radius 3 is 2.88 bits per heavy atom. The molecule has 17 heavy (non-hydrogen) atoms. The van der Waals surface area contributed by atoms with Gasteiger partial charge in [0.15, 0.2) is 5.78 Å². The Balaban J connectivity index is 2.23. The van der Waals surface area contributed by atoms with Crippen molar-refractivity contribution in [1.29, 1.82) is 0 Å². The number of amides is 1. The molecule has 2 aliphatic heterocycles. The van der Waals surface area contributed by atoms with E-state index in [0.29, 0.717) is 6.42 Å². The molecular weight excluding hydrogens is 214 g/mol. The smallest absolute Gasteiger partial charge is 0.227 e. The van der Waals surface area contributed by atoms with Crippen LogP contribution in [-0.4, -0.2) is 18.2 Å². The number of Topliss-reactive ketones (excluding diaryl/α,β-unsaturated/α-hetero) is 1. The number of ketones is 1. The van der Waals surface area contributed by atoms with E-state index in [-0.39, 0.29) is 17.6 Å². The number of hydrogen-bond acceptors (Lipinski definition) is 2. The molecule has 1 atom stereocenters. The van der Waals surface area contributed by atoms with E-state index in [1.807, 2.05) is 17.0 Å². The molecule has 0 spiro atoms. The van der Waals surface area contributed by atoms with Gasteiger partial charge < -0.3 is 4.90 Å². The third-order valence-corrected chi connectivity index (χ3v) is 3.81. The predicted molar refractivity (Wildman–Crippen MR) is 65.5 cm³/mol. The van der Waals surface area contributed by atoms with Crippen molar-refractivity contribution in [3.63, 3.8) is 0 Å². The quantitative estimate of drug-likeness (QED) is 0.693. The summed E-state index contributed by atoms with van der Waals surface area (Å²) in [5.41, 5.74) is 4.19. The highest BCUT2D eigenvalue weighted by Gasteiger charge is 2.34. The zero-order chi connectivity index (χ0) is 12.2. The lowest BCUT2D eigenvalue weighted by atomic mass is 9.88. The Morgan fingerprint density at radius 2 is 2.18 bits per heavy atom. The van der Waals surface area contributed by atoms with Crippen LogP contribution in [0.15, 0.2) is 12.1 Å². The lowest BCUT2D eigenvalue weighted by molar-refractivity contribution is -0.119. The molecule has 1 unspecified atom stereocenters. The van der Waals surface area contributed by atoms with Crippen LogP contribution in [0.2, 0.25) is 0 Å². The maximum Gasteiger partial charge on any atom is 0.227 e. The number of carbonyl (C=O) groups is 2. The molecule has 0 saturated carbocycles. The van der Waals surface area contributed by atoms with Crippen LogP contribution in [0.5, 0.6) is 0 Å². The van der Waals surface area contributed by atoms with Crippen molar-refractivity contribution in [3.8, 4) is 0 Å². The van der Waals surface area contributed by atoms with Crippen molar-refractivity contribution in [3.05, 3.63) is 28.8 Å². The van der Waals surface area contributed by atoms with Crippen molar-refractivity contribution >= 4 is 17.4 Å². The van der Waals surface area contributed by atoms with Gasteiger partial charge in [-0.15, -0.1) is 0 Å². The summed E-state index contributed by atoms with van der Waals surface area (Å²) in [6.45, 7) is 4.43. The Hall–Kier alpha value is -1.64. The fourth-order valence-corrected chi connectivity index (χ4v) is 2.89. The Labute approximate surface area is 100 Å². The van der Waals surface area contributed by atoms with Gasteiger partial charge in [-0.25, -0.2) is 0 Å². The van der Waals surface area contributed by atoms with E-state index >= 15 is 0 Å². The number of hydrogen-bond donors (Lipinski definition) is 0. The van der Waals surface area contributed by atoms with Gasteiger partial charge in [-0.1, -0.05) is 6.92 Å². The summed E-state index contributed by atoms with van der Waals surface area (Å²) in [5, 5.41) is 0. The summed E-state index contributed by atoms with van der Waals surface area (Å²) in [6, 6.07) is 3.92. The molecule has 1 amide bonds. The molecule has 3 nitrogen and oxygen atoms in total. The molecule has 3 heteroatoms. The standard InChI is InChI=1S/C14H15NO2/c1-8-5-13(17)15-4-3-10-6-11(9(2)16)7-12(8)14(10)15/h6-8H,3-5H2,1-2H3. The van der Waals surface area contributed by atoms with E-state index in [0.717, 1.165) is 29.8 Å². The van der Waals surface area contributed by atoms with Crippen LogP contribution in [0.4, 0.5) is 5.69 Å². The van der Waals surface area contributed by atoms with E-state index in [2.05, 4.69) is 6.92 Å². The van der Waals surface area contributed by atoms with E-state index < -0.39 is 0 Å². The van der Waals surface area contributed by atoms with Crippen LogP contribution >= 0.6 is 0 Å². The first-order valence-electron chi connectivity index (χ1n) is 6.06. The monoisotopic (exact) mass is 229 g/mol. The lowest BCUT2D eigenvalue weighted by Gasteiger charge is -2.29. The molecule has 0 N–H and O–H groups in total. The van der Waals surface area contributed by atoms with E-state index in [9.17, 15) is 9.59 Å². The van der Waals surface area contributed by atoms with Crippen LogP contribution in [0, 0.1) is 0 Å². The van der Waals surface area contributed by atoms with Crippen LogP contribution in [0.1, 0.15) is 47.7 Å². The zero-order valence-corrected chi connectivity index (χ0v) is 10.1. The Bertz CT molecular complexity index is 533. The number of anilines is 1. The highest BCUT2D eigenvalue weighted by molar-refractivity contribution is 6.01. The van der Waals surface area contributed by atoms with Gasteiger partial charge in [-0.3, -0.25) is 9.59 Å². The maximum atomic E-state index is 11.9. The molecule has 0 saturated heterocycles. The molecule has 1 aromatic carbocycles. The fraction of sp³-hybridized carbons (Fsp3) is 0.429. The Morgan fingerprint density at radius 1 is 1.41 bits per heavy atom. The first-order valence-corrected chi connectivity index (χ1v) is 6.06. The van der Waals surface area contributed by atoms with Crippen LogP contribution < -0.4 is 4.90 Å². The largest absolute Gasteiger partial charge is 0.312 e. The van der Waals surface area contributed by atoms with Gasteiger partial charge in [-0.2, -0.15) is 0 Å². The van der Waals surface area contributed by atoms with Gasteiger partial charge in [-0.05, 0) is 42.5 Å². The number of carbonyl (C=O) groups excluding carboxylic acids is 2. The van der Waals surface area contributed by atoms with Gasteiger partial charge in [0.2, 0.25) is 5.91 Å². The van der Waals surface area contributed by atoms with Crippen molar-refractivity contribution in [1.82, 2.24) is 0 Å². The van der Waals surface area contributed by atoms with Gasteiger partial charge in [0.25, 0.3) is 0 Å². The molecule has 0 bridgehead atoms. The van der Waals surface area contributed by atoms with Crippen molar-refractivity contribution < 1.29 is 9.59 Å². The molecule has 0 fully saturated rings. The zero-order valence-electron chi connectivity index (χ0n) is 10.1. The van der Waals surface area contributed by atoms with E-state index in [1.165, 1.54) is 5.56 Å². The van der Waals surface area contributed by atoms with Crippen molar-refractivity contribution in [2.45, 2.75) is 32.6 Å². The molecule has 2 heterocycles. The predicted octanol–water partition coefficient (Wildman–Crippen LogP) is 2.29. The number of nitrogens with zero attached hydrogens (tertiary/aromatic N) is 1. The molecule has 0 aromatic heterocycles. The minimum Gasteiger partial charge on any atom is -0.312 e. The summed E-state index contributed by atoms with van der Waals surface area (Å²) < 4.78 is 0. The van der Waals surface area contributed by atoms with Gasteiger partial charge in [0, 0.05) is 18.5 Å². The second-order valence-corrected chi connectivity index (χ2v) is 5.03. The second-order valence-electron chi connectivity index (χ2n) is 5.03. The topological polar surface area (TPSA) is 37.4 Å².